The minimum Gasteiger partial charge on any atom is -0.515 e. The largest absolute Gasteiger partial charge is 0.515 e. The minimum absolute atomic E-state index is 0.101. The van der Waals surface area contributed by atoms with Gasteiger partial charge in [0.2, 0.25) is 0 Å². The summed E-state index contributed by atoms with van der Waals surface area (Å²) >= 11 is 3.11. The van der Waals surface area contributed by atoms with Crippen LogP contribution in [0.5, 0.6) is 0 Å². The number of rotatable bonds is 9. The molecule has 8 aliphatic carbocycles. The second-order valence-electron chi connectivity index (χ2n) is 19.8. The summed E-state index contributed by atoms with van der Waals surface area (Å²) in [6.45, 7) is 0. The van der Waals surface area contributed by atoms with Gasteiger partial charge in [-0.3, -0.25) is 24.5 Å². The first-order chi connectivity index (χ1) is 28.4. The van der Waals surface area contributed by atoms with Crippen molar-refractivity contribution in [3.05, 3.63) is 94.2 Å². The maximum Gasteiger partial charge on any atom is 0.264 e. The number of nitrogens with zero attached hydrogens (tertiary/aromatic N) is 1. The molecule has 13 rings (SSSR count). The van der Waals surface area contributed by atoms with Gasteiger partial charge in [-0.05, 0) is 141 Å². The fourth-order valence-corrected chi connectivity index (χ4v) is 17.2. The second kappa shape index (κ2) is 13.9. The summed E-state index contributed by atoms with van der Waals surface area (Å²) in [5.41, 5.74) is 0.739. The summed E-state index contributed by atoms with van der Waals surface area (Å²) in [5, 5.41) is 31.2. The lowest BCUT2D eigenvalue weighted by Gasteiger charge is -2.63. The molecule has 3 heterocycles. The zero-order valence-corrected chi connectivity index (χ0v) is 34.6. The van der Waals surface area contributed by atoms with Gasteiger partial charge in [0, 0.05) is 22.6 Å². The van der Waals surface area contributed by atoms with E-state index in [9.17, 15) is 29.4 Å². The first-order valence-electron chi connectivity index (χ1n) is 21.6. The van der Waals surface area contributed by atoms with E-state index in [0.29, 0.717) is 41.9 Å². The average Bonchev–Trinajstić information content (AvgIpc) is 3.91. The maximum atomic E-state index is 15.5. The Hall–Kier alpha value is -3.81. The highest BCUT2D eigenvalue weighted by molar-refractivity contribution is 8.00. The van der Waals surface area contributed by atoms with Crippen molar-refractivity contribution in [1.29, 1.82) is 0 Å². The summed E-state index contributed by atoms with van der Waals surface area (Å²) in [6, 6.07) is 13.3. The number of aliphatic hydroxyl groups excluding tert-OH is 2. The monoisotopic (exact) mass is 838 g/mol. The van der Waals surface area contributed by atoms with Gasteiger partial charge in [0.1, 0.15) is 34.1 Å². The van der Waals surface area contributed by atoms with E-state index in [2.05, 4.69) is 16.0 Å². The smallest absolute Gasteiger partial charge is 0.264 e. The normalized spacial score (nSPS) is 40.2. The molecular weight excluding hydrogens is 788 g/mol. The van der Waals surface area contributed by atoms with Gasteiger partial charge in [0.25, 0.3) is 17.7 Å². The Kier molecular flexibility index (Phi) is 8.96. The SMILES string of the molecule is O=C(NC12CC3CC(C1)CC(c1cc(F)ccc1[C@@H]1SCC4C(O)=C(C(=O)NC56CC7CC(CC(C7)C5)C6)C(=O)N41)(C3)C2)C(=CO)C(=O)C1CS[C@@H](c2ccccc2)N1. The third-order valence-electron chi connectivity index (χ3n) is 15.8. The van der Waals surface area contributed by atoms with Gasteiger partial charge >= 0.3 is 0 Å². The third kappa shape index (κ3) is 6.21. The van der Waals surface area contributed by atoms with Crippen molar-refractivity contribution in [2.75, 3.05) is 11.5 Å². The van der Waals surface area contributed by atoms with Crippen LogP contribution >= 0.6 is 23.5 Å². The molecule has 3 aliphatic heterocycles. The Morgan fingerprint density at radius 1 is 0.831 bits per heavy atom. The molecule has 3 amide bonds. The predicted molar refractivity (Wildman–Crippen MR) is 222 cm³/mol. The van der Waals surface area contributed by atoms with E-state index in [4.69, 9.17) is 0 Å². The van der Waals surface area contributed by atoms with E-state index in [1.807, 2.05) is 30.3 Å². The zero-order valence-electron chi connectivity index (χ0n) is 33.0. The summed E-state index contributed by atoms with van der Waals surface area (Å²) in [6.07, 6.45) is 11.7. The van der Waals surface area contributed by atoms with Crippen molar-refractivity contribution in [3.8, 4) is 0 Å². The van der Waals surface area contributed by atoms with Crippen LogP contribution in [0.3, 0.4) is 0 Å². The fourth-order valence-electron chi connectivity index (χ4n) is 14.5. The lowest BCUT2D eigenvalue weighted by Crippen LogP contribution is -2.65. The van der Waals surface area contributed by atoms with Crippen LogP contribution in [0.25, 0.3) is 0 Å². The van der Waals surface area contributed by atoms with E-state index in [1.54, 1.807) is 28.8 Å². The Labute approximate surface area is 352 Å². The van der Waals surface area contributed by atoms with E-state index in [-0.39, 0.29) is 45.5 Å². The molecule has 13 heteroatoms. The first kappa shape index (κ1) is 38.1. The van der Waals surface area contributed by atoms with Crippen LogP contribution < -0.4 is 16.0 Å². The number of carbonyl (C=O) groups excluding carboxylic acids is 4. The lowest BCUT2D eigenvalue weighted by atomic mass is 9.45. The van der Waals surface area contributed by atoms with Gasteiger partial charge < -0.3 is 25.7 Å². The molecule has 10 fully saturated rings. The number of carbonyl (C=O) groups is 4. The molecule has 11 aliphatic rings. The van der Waals surface area contributed by atoms with Crippen molar-refractivity contribution in [2.24, 2.45) is 29.6 Å². The number of ketones is 1. The van der Waals surface area contributed by atoms with Crippen molar-refractivity contribution in [1.82, 2.24) is 20.9 Å². The molecule has 10 nitrogen and oxygen atoms in total. The standard InChI is InChI=1S/C46H51FN4O6S2/c47-30-6-7-31(43-51-35(22-59-43)38(54)36(42(51)57)40(56)50-45-15-24-8-25(16-45)10-26(9-24)17-45)33(12-30)44-13-27-11-28(14-44)19-46(18-27,23-44)49-39(55)32(20-52)37(53)34-21-58-41(48-34)29-4-2-1-3-5-29/h1-7,12,20,24-28,34-35,41,43,48,52,54H,8-11,13-19,21-23H2,(H,49,55)(H,50,56)/t24?,25?,26?,27?,28?,34?,35?,41-,43-,44?,45?,46?/m0/s1. The van der Waals surface area contributed by atoms with Crippen molar-refractivity contribution >= 4 is 47.0 Å². The van der Waals surface area contributed by atoms with Crippen molar-refractivity contribution < 1.29 is 33.8 Å². The van der Waals surface area contributed by atoms with Crippen LogP contribution in [0.2, 0.25) is 0 Å². The molecule has 5 N–H and O–H groups in total. The van der Waals surface area contributed by atoms with E-state index in [1.165, 1.54) is 37.1 Å². The summed E-state index contributed by atoms with van der Waals surface area (Å²) in [5.74, 6) is 0.670. The number of hydrogen-bond acceptors (Lipinski definition) is 9. The molecule has 0 spiro atoms. The summed E-state index contributed by atoms with van der Waals surface area (Å²) in [4.78, 5) is 57.9. The highest BCUT2D eigenvalue weighted by atomic mass is 32.2. The fraction of sp³-hybridized carbons (Fsp3) is 0.565. The Balaban J connectivity index is 0.837. The van der Waals surface area contributed by atoms with E-state index in [0.717, 1.165) is 68.1 Å². The number of Topliss-reactive ketones (excluding diaryl/α,β-unsaturated/α-hetero) is 1. The molecule has 6 atom stereocenters. The number of hydrogen-bond donors (Lipinski definition) is 5. The molecule has 0 aromatic heterocycles. The van der Waals surface area contributed by atoms with Gasteiger partial charge in [-0.2, -0.15) is 0 Å². The Morgan fingerprint density at radius 3 is 2.17 bits per heavy atom. The molecule has 59 heavy (non-hydrogen) atoms. The van der Waals surface area contributed by atoms with Crippen LogP contribution in [0.4, 0.5) is 4.39 Å². The third-order valence-corrected chi connectivity index (χ3v) is 18.4. The molecule has 2 aromatic rings. The number of fused-ring (bicyclic) bond motifs is 1. The van der Waals surface area contributed by atoms with Crippen molar-refractivity contribution in [3.63, 3.8) is 0 Å². The number of halogens is 1. The number of nitrogens with one attached hydrogen (secondary N) is 3. The highest BCUT2D eigenvalue weighted by Gasteiger charge is 2.61. The zero-order chi connectivity index (χ0) is 40.4. The quantitative estimate of drug-likeness (QED) is 0.0797. The lowest BCUT2D eigenvalue weighted by molar-refractivity contribution is -0.132. The minimum atomic E-state index is -0.666. The highest BCUT2D eigenvalue weighted by Crippen LogP contribution is 2.64. The van der Waals surface area contributed by atoms with Gasteiger partial charge in [0.05, 0.1) is 17.7 Å². The Morgan fingerprint density at radius 2 is 1.49 bits per heavy atom. The molecule has 310 valence electrons. The maximum absolute atomic E-state index is 15.5. The second-order valence-corrected chi connectivity index (χ2v) is 22.0. The molecule has 8 bridgehead atoms. The van der Waals surface area contributed by atoms with Crippen LogP contribution in [0.15, 0.2) is 71.7 Å². The van der Waals surface area contributed by atoms with Crippen LogP contribution in [0.1, 0.15) is 104 Å². The van der Waals surface area contributed by atoms with E-state index >= 15 is 4.39 Å². The average molecular weight is 839 g/mol. The van der Waals surface area contributed by atoms with Crippen LogP contribution in [0, 0.1) is 35.4 Å². The van der Waals surface area contributed by atoms with Gasteiger partial charge in [-0.1, -0.05) is 36.4 Å². The molecular formula is C46H51FN4O6S2. The molecule has 4 unspecified atom stereocenters. The molecule has 0 radical (unpaired) electrons. The first-order valence-corrected chi connectivity index (χ1v) is 23.7. The van der Waals surface area contributed by atoms with Gasteiger partial charge in [-0.15, -0.1) is 23.5 Å². The van der Waals surface area contributed by atoms with Crippen LogP contribution in [-0.2, 0) is 24.6 Å². The summed E-state index contributed by atoms with van der Waals surface area (Å²) < 4.78 is 15.5. The van der Waals surface area contributed by atoms with Crippen LogP contribution in [-0.4, -0.2) is 73.3 Å². The number of amides is 3. The Bertz CT molecular complexity index is 2160. The predicted octanol–water partition coefficient (Wildman–Crippen LogP) is 6.80. The number of thioether (sulfide) groups is 2. The molecule has 8 saturated carbocycles. The molecule has 2 aromatic carbocycles. The number of benzene rings is 2. The van der Waals surface area contributed by atoms with Crippen molar-refractivity contribution in [2.45, 2.75) is 116 Å². The van der Waals surface area contributed by atoms with Gasteiger partial charge in [-0.25, -0.2) is 4.39 Å². The topological polar surface area (TPSA) is 148 Å². The molecule has 2 saturated heterocycles. The van der Waals surface area contributed by atoms with Gasteiger partial charge in [0.15, 0.2) is 5.78 Å². The number of aliphatic hydroxyl groups is 2. The van der Waals surface area contributed by atoms with E-state index < -0.39 is 51.9 Å². The summed E-state index contributed by atoms with van der Waals surface area (Å²) in [7, 11) is 0.